The van der Waals surface area contributed by atoms with Gasteiger partial charge >= 0.3 is 5.69 Å². The first-order chi connectivity index (χ1) is 12.5. The quantitative estimate of drug-likeness (QED) is 0.676. The van der Waals surface area contributed by atoms with Crippen LogP contribution in [0.5, 0.6) is 0 Å². The van der Waals surface area contributed by atoms with Gasteiger partial charge in [0, 0.05) is 23.2 Å². The number of hydrogen-bond acceptors (Lipinski definition) is 5. The van der Waals surface area contributed by atoms with Crippen LogP contribution in [0.25, 0.3) is 0 Å². The highest BCUT2D eigenvalue weighted by Crippen LogP contribution is 2.21. The topological polar surface area (TPSA) is 89.0 Å². The minimum atomic E-state index is -0.295. The lowest BCUT2D eigenvalue weighted by Gasteiger charge is -2.11. The van der Waals surface area contributed by atoms with Gasteiger partial charge in [-0.2, -0.15) is 0 Å². The zero-order chi connectivity index (χ0) is 18.5. The normalized spacial score (nSPS) is 16.8. The van der Waals surface area contributed by atoms with Gasteiger partial charge in [-0.15, -0.1) is 5.10 Å². The molecule has 0 bridgehead atoms. The smallest absolute Gasteiger partial charge is 0.344 e. The average molecular weight is 417 g/mol. The summed E-state index contributed by atoms with van der Waals surface area (Å²) in [5.74, 6) is -0.0405. The van der Waals surface area contributed by atoms with E-state index in [0.717, 1.165) is 25.0 Å². The lowest BCUT2D eigenvalue weighted by atomic mass is 10.2. The molecule has 1 aliphatic rings. The molecule has 1 saturated heterocycles. The number of H-pyrrole nitrogens is 1. The molecule has 1 atom stereocenters. The Labute approximate surface area is 164 Å². The van der Waals surface area contributed by atoms with Gasteiger partial charge in [-0.1, -0.05) is 41.0 Å². The van der Waals surface area contributed by atoms with Crippen molar-refractivity contribution in [2.24, 2.45) is 0 Å². The van der Waals surface area contributed by atoms with Gasteiger partial charge in [0.05, 0.1) is 18.4 Å². The van der Waals surface area contributed by atoms with Crippen LogP contribution in [-0.4, -0.2) is 39.1 Å². The van der Waals surface area contributed by atoms with Crippen molar-refractivity contribution in [3.8, 4) is 0 Å². The summed E-state index contributed by atoms with van der Waals surface area (Å²) < 4.78 is 7.08. The molecular weight excluding hydrogens is 399 g/mol. The predicted molar refractivity (Wildman–Crippen MR) is 101 cm³/mol. The molecule has 1 aromatic carbocycles. The van der Waals surface area contributed by atoms with Crippen LogP contribution in [0.3, 0.4) is 0 Å². The number of nitrogens with zero attached hydrogens (tertiary/aromatic N) is 2. The van der Waals surface area contributed by atoms with Crippen molar-refractivity contribution in [1.29, 1.82) is 0 Å². The average Bonchev–Trinajstić information content (AvgIpc) is 3.24. The standard InChI is InChI=1S/C16H18Cl2N4O3S/c17-11-4-3-10(13(18)6-11)7-19-14(23)9-26-16-21-20-15(24)22(16)8-12-2-1-5-25-12/h3-4,6,12H,1-2,5,7-9H2,(H,19,23)(H,20,24)/t12-/m1/s1. The number of thioether (sulfide) groups is 1. The van der Waals surface area contributed by atoms with Crippen LogP contribution in [0.2, 0.25) is 10.0 Å². The fourth-order valence-corrected chi connectivity index (χ4v) is 3.87. The van der Waals surface area contributed by atoms with Crippen LogP contribution in [0.1, 0.15) is 18.4 Å². The first kappa shape index (κ1) is 19.3. The van der Waals surface area contributed by atoms with Crippen molar-refractivity contribution < 1.29 is 9.53 Å². The van der Waals surface area contributed by atoms with Crippen molar-refractivity contribution >= 4 is 40.9 Å². The van der Waals surface area contributed by atoms with E-state index < -0.39 is 0 Å². The molecule has 2 aromatic rings. The molecule has 3 rings (SSSR count). The maximum atomic E-state index is 12.1. The number of benzene rings is 1. The Kier molecular flexibility index (Phi) is 6.63. The summed E-state index contributed by atoms with van der Waals surface area (Å²) in [6, 6.07) is 5.12. The number of carbonyl (C=O) groups is 1. The zero-order valence-electron chi connectivity index (χ0n) is 13.8. The molecule has 2 heterocycles. The molecule has 0 spiro atoms. The van der Waals surface area contributed by atoms with E-state index in [-0.39, 0.29) is 23.5 Å². The van der Waals surface area contributed by atoms with Crippen LogP contribution in [0, 0.1) is 0 Å². The SMILES string of the molecule is O=C(CSc1n[nH]c(=O)n1C[C@H]1CCCO1)NCc1ccc(Cl)cc1Cl. The van der Waals surface area contributed by atoms with E-state index in [1.807, 2.05) is 0 Å². The third kappa shape index (κ3) is 5.03. The minimum absolute atomic E-state index is 0.0190. The van der Waals surface area contributed by atoms with Gasteiger partial charge in [0.15, 0.2) is 5.16 Å². The van der Waals surface area contributed by atoms with E-state index in [1.165, 1.54) is 16.3 Å². The molecule has 7 nitrogen and oxygen atoms in total. The molecule has 1 fully saturated rings. The Morgan fingerprint density at radius 1 is 1.46 bits per heavy atom. The van der Waals surface area contributed by atoms with Gasteiger partial charge in [0.1, 0.15) is 0 Å². The molecule has 2 N–H and O–H groups in total. The van der Waals surface area contributed by atoms with Gasteiger partial charge in [-0.25, -0.2) is 9.89 Å². The number of carbonyl (C=O) groups excluding carboxylic acids is 1. The molecule has 0 saturated carbocycles. The Balaban J connectivity index is 1.52. The summed E-state index contributed by atoms with van der Waals surface area (Å²) >= 11 is 13.1. The number of nitrogens with one attached hydrogen (secondary N) is 2. The Hall–Kier alpha value is -1.48. The van der Waals surface area contributed by atoms with E-state index >= 15 is 0 Å². The van der Waals surface area contributed by atoms with Gasteiger partial charge < -0.3 is 10.1 Å². The summed E-state index contributed by atoms with van der Waals surface area (Å²) in [4.78, 5) is 24.0. The van der Waals surface area contributed by atoms with Crippen molar-refractivity contribution in [3.05, 3.63) is 44.3 Å². The molecule has 26 heavy (non-hydrogen) atoms. The molecule has 1 aliphatic heterocycles. The monoisotopic (exact) mass is 416 g/mol. The van der Waals surface area contributed by atoms with Crippen LogP contribution < -0.4 is 11.0 Å². The molecule has 0 aliphatic carbocycles. The number of ether oxygens (including phenoxy) is 1. The second-order valence-corrected chi connectivity index (χ2v) is 7.64. The Morgan fingerprint density at radius 3 is 3.04 bits per heavy atom. The van der Waals surface area contributed by atoms with Crippen LogP contribution in [-0.2, 0) is 22.6 Å². The van der Waals surface area contributed by atoms with Crippen molar-refractivity contribution in [2.75, 3.05) is 12.4 Å². The number of amides is 1. The number of aromatic amines is 1. The highest BCUT2D eigenvalue weighted by atomic mass is 35.5. The lowest BCUT2D eigenvalue weighted by molar-refractivity contribution is -0.118. The summed E-state index contributed by atoms with van der Waals surface area (Å²) in [5.41, 5.74) is 0.487. The van der Waals surface area contributed by atoms with E-state index in [2.05, 4.69) is 15.5 Å². The molecule has 140 valence electrons. The van der Waals surface area contributed by atoms with Crippen molar-refractivity contribution in [3.63, 3.8) is 0 Å². The van der Waals surface area contributed by atoms with E-state index in [1.54, 1.807) is 18.2 Å². The highest BCUT2D eigenvalue weighted by Gasteiger charge is 2.20. The van der Waals surface area contributed by atoms with Crippen LogP contribution >= 0.6 is 35.0 Å². The van der Waals surface area contributed by atoms with Gasteiger partial charge in [-0.05, 0) is 30.5 Å². The molecule has 0 unspecified atom stereocenters. The Bertz CT molecular complexity index is 833. The summed E-state index contributed by atoms with van der Waals surface area (Å²) in [5, 5.41) is 10.7. The largest absolute Gasteiger partial charge is 0.376 e. The molecular formula is C16H18Cl2N4O3S. The third-order valence-corrected chi connectivity index (χ3v) is 5.52. The van der Waals surface area contributed by atoms with E-state index in [0.29, 0.717) is 28.3 Å². The minimum Gasteiger partial charge on any atom is -0.376 e. The summed E-state index contributed by atoms with van der Waals surface area (Å²) in [7, 11) is 0. The maximum absolute atomic E-state index is 12.1. The Morgan fingerprint density at radius 2 is 2.31 bits per heavy atom. The summed E-state index contributed by atoms with van der Waals surface area (Å²) in [6.45, 7) is 1.47. The zero-order valence-corrected chi connectivity index (χ0v) is 16.2. The second kappa shape index (κ2) is 8.94. The summed E-state index contributed by atoms with van der Waals surface area (Å²) in [6.07, 6.45) is 1.94. The van der Waals surface area contributed by atoms with Crippen molar-refractivity contribution in [2.45, 2.75) is 37.2 Å². The predicted octanol–water partition coefficient (Wildman–Crippen LogP) is 2.47. The first-order valence-electron chi connectivity index (χ1n) is 8.13. The second-order valence-electron chi connectivity index (χ2n) is 5.86. The third-order valence-electron chi connectivity index (χ3n) is 3.96. The number of aromatic nitrogens is 3. The van der Waals surface area contributed by atoms with Gasteiger partial charge in [-0.3, -0.25) is 9.36 Å². The van der Waals surface area contributed by atoms with Crippen LogP contribution in [0.15, 0.2) is 28.2 Å². The molecule has 0 radical (unpaired) electrons. The highest BCUT2D eigenvalue weighted by molar-refractivity contribution is 7.99. The number of halogens is 2. The molecule has 10 heteroatoms. The van der Waals surface area contributed by atoms with E-state index in [9.17, 15) is 9.59 Å². The first-order valence-corrected chi connectivity index (χ1v) is 9.87. The lowest BCUT2D eigenvalue weighted by Crippen LogP contribution is -2.26. The van der Waals surface area contributed by atoms with Crippen LogP contribution in [0.4, 0.5) is 0 Å². The number of hydrogen-bond donors (Lipinski definition) is 2. The van der Waals surface area contributed by atoms with Gasteiger partial charge in [0.2, 0.25) is 5.91 Å². The fourth-order valence-electron chi connectivity index (χ4n) is 2.61. The van der Waals surface area contributed by atoms with Crippen molar-refractivity contribution in [1.82, 2.24) is 20.1 Å². The fraction of sp³-hybridized carbons (Fsp3) is 0.438. The maximum Gasteiger partial charge on any atom is 0.344 e. The van der Waals surface area contributed by atoms with E-state index in [4.69, 9.17) is 27.9 Å². The molecule has 1 amide bonds. The molecule has 1 aromatic heterocycles. The number of rotatable bonds is 7. The van der Waals surface area contributed by atoms with Gasteiger partial charge in [0.25, 0.3) is 0 Å².